The minimum Gasteiger partial charge on any atom is -0.296 e. The highest BCUT2D eigenvalue weighted by Gasteiger charge is 2.21. The van der Waals surface area contributed by atoms with Gasteiger partial charge in [-0.3, -0.25) is 9.55 Å². The van der Waals surface area contributed by atoms with Crippen molar-refractivity contribution in [2.24, 2.45) is 0 Å². The number of pyridine rings is 1. The van der Waals surface area contributed by atoms with Gasteiger partial charge in [0, 0.05) is 23.7 Å². The molecule has 0 amide bonds. The number of fused-ring (bicyclic) bond motifs is 1. The molecule has 3 aromatic rings. The molecule has 0 saturated carbocycles. The van der Waals surface area contributed by atoms with Crippen molar-refractivity contribution in [1.29, 1.82) is 0 Å². The predicted molar refractivity (Wildman–Crippen MR) is 83.4 cm³/mol. The third-order valence-corrected chi connectivity index (χ3v) is 4.16. The Hall–Kier alpha value is -2.49. The standard InChI is InChI=1S/C18H16FN3/c19-14-7-5-13(6-8-14)18-21-16-3-1-2-4-17(16)22(18)15-9-11-20-12-10-15/h5-12H,1-4H2. The number of imidazole rings is 1. The molecule has 2 heterocycles. The van der Waals surface area contributed by atoms with Gasteiger partial charge in [-0.1, -0.05) is 0 Å². The Bertz CT molecular complexity index is 791. The number of hydrogen-bond acceptors (Lipinski definition) is 2. The Morgan fingerprint density at radius 1 is 0.909 bits per heavy atom. The Kier molecular flexibility index (Phi) is 3.22. The second-order valence-corrected chi connectivity index (χ2v) is 5.58. The van der Waals surface area contributed by atoms with Gasteiger partial charge >= 0.3 is 0 Å². The Morgan fingerprint density at radius 3 is 2.41 bits per heavy atom. The predicted octanol–water partition coefficient (Wildman–Crippen LogP) is 3.95. The van der Waals surface area contributed by atoms with Gasteiger partial charge in [-0.15, -0.1) is 0 Å². The second-order valence-electron chi connectivity index (χ2n) is 5.58. The van der Waals surface area contributed by atoms with E-state index in [1.54, 1.807) is 24.5 Å². The molecular formula is C18H16FN3. The number of benzene rings is 1. The molecule has 0 atom stereocenters. The van der Waals surface area contributed by atoms with Crippen LogP contribution in [0.3, 0.4) is 0 Å². The van der Waals surface area contributed by atoms with Gasteiger partial charge in [-0.2, -0.15) is 0 Å². The quantitative estimate of drug-likeness (QED) is 0.716. The number of aromatic nitrogens is 3. The highest BCUT2D eigenvalue weighted by Crippen LogP contribution is 2.30. The van der Waals surface area contributed by atoms with Crippen LogP contribution >= 0.6 is 0 Å². The van der Waals surface area contributed by atoms with Crippen LogP contribution in [0, 0.1) is 5.82 Å². The van der Waals surface area contributed by atoms with E-state index in [1.807, 2.05) is 12.1 Å². The van der Waals surface area contributed by atoms with Crippen molar-refractivity contribution < 1.29 is 4.39 Å². The molecular weight excluding hydrogens is 277 g/mol. The topological polar surface area (TPSA) is 30.7 Å². The molecule has 0 fully saturated rings. The summed E-state index contributed by atoms with van der Waals surface area (Å²) >= 11 is 0. The third kappa shape index (κ3) is 2.21. The summed E-state index contributed by atoms with van der Waals surface area (Å²) in [5.74, 6) is 0.661. The molecule has 1 aliphatic carbocycles. The van der Waals surface area contributed by atoms with Crippen molar-refractivity contribution in [3.63, 3.8) is 0 Å². The molecule has 110 valence electrons. The third-order valence-electron chi connectivity index (χ3n) is 4.16. The molecule has 0 spiro atoms. The first kappa shape index (κ1) is 13.2. The highest BCUT2D eigenvalue weighted by molar-refractivity contribution is 5.60. The van der Waals surface area contributed by atoms with Gasteiger partial charge in [0.15, 0.2) is 0 Å². The number of halogens is 1. The fourth-order valence-electron chi connectivity index (χ4n) is 3.10. The van der Waals surface area contributed by atoms with Crippen LogP contribution in [0.25, 0.3) is 17.1 Å². The average Bonchev–Trinajstić information content (AvgIpc) is 2.96. The van der Waals surface area contributed by atoms with E-state index in [2.05, 4.69) is 9.55 Å². The normalized spacial score (nSPS) is 13.9. The van der Waals surface area contributed by atoms with Crippen LogP contribution in [0.1, 0.15) is 24.2 Å². The van der Waals surface area contributed by atoms with Gasteiger partial charge in [0.25, 0.3) is 0 Å². The van der Waals surface area contributed by atoms with Crippen LogP contribution in [0.4, 0.5) is 4.39 Å². The fraction of sp³-hybridized carbons (Fsp3) is 0.222. The van der Waals surface area contributed by atoms with Crippen LogP contribution < -0.4 is 0 Å². The van der Waals surface area contributed by atoms with E-state index in [1.165, 1.54) is 36.4 Å². The molecule has 4 heteroatoms. The van der Waals surface area contributed by atoms with Gasteiger partial charge < -0.3 is 0 Å². The van der Waals surface area contributed by atoms with Crippen molar-refractivity contribution in [3.8, 4) is 17.1 Å². The zero-order valence-electron chi connectivity index (χ0n) is 12.2. The van der Waals surface area contributed by atoms with Gasteiger partial charge in [-0.05, 0) is 62.1 Å². The summed E-state index contributed by atoms with van der Waals surface area (Å²) in [5, 5.41) is 0. The molecule has 0 radical (unpaired) electrons. The van der Waals surface area contributed by atoms with Crippen molar-refractivity contribution in [3.05, 3.63) is 66.0 Å². The summed E-state index contributed by atoms with van der Waals surface area (Å²) in [4.78, 5) is 8.95. The minimum absolute atomic E-state index is 0.226. The molecule has 1 aliphatic rings. The van der Waals surface area contributed by atoms with Crippen LogP contribution in [0.15, 0.2) is 48.8 Å². The smallest absolute Gasteiger partial charge is 0.145 e. The van der Waals surface area contributed by atoms with Crippen LogP contribution in [-0.4, -0.2) is 14.5 Å². The Balaban J connectivity index is 1.94. The van der Waals surface area contributed by atoms with Gasteiger partial charge in [0.2, 0.25) is 0 Å². The molecule has 4 rings (SSSR count). The lowest BCUT2D eigenvalue weighted by molar-refractivity contribution is 0.628. The molecule has 0 saturated heterocycles. The molecule has 22 heavy (non-hydrogen) atoms. The van der Waals surface area contributed by atoms with Crippen molar-refractivity contribution in [2.75, 3.05) is 0 Å². The van der Waals surface area contributed by atoms with E-state index in [-0.39, 0.29) is 5.82 Å². The summed E-state index contributed by atoms with van der Waals surface area (Å²) in [6.45, 7) is 0. The summed E-state index contributed by atoms with van der Waals surface area (Å²) in [7, 11) is 0. The van der Waals surface area contributed by atoms with Crippen molar-refractivity contribution in [2.45, 2.75) is 25.7 Å². The molecule has 2 aromatic heterocycles. The number of rotatable bonds is 2. The monoisotopic (exact) mass is 293 g/mol. The maximum atomic E-state index is 13.2. The maximum absolute atomic E-state index is 13.2. The van der Waals surface area contributed by atoms with Gasteiger partial charge in [0.05, 0.1) is 11.4 Å². The molecule has 0 unspecified atom stereocenters. The largest absolute Gasteiger partial charge is 0.296 e. The summed E-state index contributed by atoms with van der Waals surface area (Å²) in [6.07, 6.45) is 8.00. The molecule has 0 bridgehead atoms. The van der Waals surface area contributed by atoms with Crippen LogP contribution in [0.5, 0.6) is 0 Å². The lowest BCUT2D eigenvalue weighted by atomic mass is 10.0. The SMILES string of the molecule is Fc1ccc(-c2nc3c(n2-c2ccncc2)CCCC3)cc1. The average molecular weight is 293 g/mol. The van der Waals surface area contributed by atoms with Gasteiger partial charge in [0.1, 0.15) is 11.6 Å². The number of aryl methyl sites for hydroxylation is 1. The first-order valence-corrected chi connectivity index (χ1v) is 7.60. The van der Waals surface area contributed by atoms with Crippen LogP contribution in [-0.2, 0) is 12.8 Å². The summed E-state index contributed by atoms with van der Waals surface area (Å²) < 4.78 is 15.4. The van der Waals surface area contributed by atoms with E-state index in [4.69, 9.17) is 4.98 Å². The summed E-state index contributed by atoms with van der Waals surface area (Å²) in [5.41, 5.74) is 4.44. The lowest BCUT2D eigenvalue weighted by Crippen LogP contribution is -2.07. The lowest BCUT2D eigenvalue weighted by Gasteiger charge is -2.15. The van der Waals surface area contributed by atoms with E-state index in [9.17, 15) is 4.39 Å². The zero-order valence-corrected chi connectivity index (χ0v) is 12.2. The fourth-order valence-corrected chi connectivity index (χ4v) is 3.10. The second kappa shape index (κ2) is 5.37. The summed E-state index contributed by atoms with van der Waals surface area (Å²) in [6, 6.07) is 10.5. The van der Waals surface area contributed by atoms with Crippen molar-refractivity contribution in [1.82, 2.24) is 14.5 Å². The van der Waals surface area contributed by atoms with Gasteiger partial charge in [-0.25, -0.2) is 9.37 Å². The first-order chi connectivity index (χ1) is 10.8. The minimum atomic E-state index is -0.226. The number of hydrogen-bond donors (Lipinski definition) is 0. The maximum Gasteiger partial charge on any atom is 0.145 e. The Morgan fingerprint density at radius 2 is 1.64 bits per heavy atom. The molecule has 3 nitrogen and oxygen atoms in total. The highest BCUT2D eigenvalue weighted by atomic mass is 19.1. The molecule has 0 N–H and O–H groups in total. The van der Waals surface area contributed by atoms with Crippen molar-refractivity contribution >= 4 is 0 Å². The van der Waals surface area contributed by atoms with E-state index >= 15 is 0 Å². The van der Waals surface area contributed by atoms with E-state index in [0.717, 1.165) is 29.9 Å². The van der Waals surface area contributed by atoms with Crippen LogP contribution in [0.2, 0.25) is 0 Å². The van der Waals surface area contributed by atoms with E-state index < -0.39 is 0 Å². The first-order valence-electron chi connectivity index (χ1n) is 7.60. The van der Waals surface area contributed by atoms with E-state index in [0.29, 0.717) is 0 Å². The zero-order chi connectivity index (χ0) is 14.9. The number of nitrogens with zero attached hydrogens (tertiary/aromatic N) is 3. The Labute approximate surface area is 128 Å². The molecule has 1 aromatic carbocycles. The molecule has 0 aliphatic heterocycles.